The second-order valence-corrected chi connectivity index (χ2v) is 4.44. The fraction of sp³-hybridized carbons (Fsp3) is 0.385. The van der Waals surface area contributed by atoms with Crippen molar-refractivity contribution in [2.45, 2.75) is 32.8 Å². The second kappa shape index (κ2) is 5.53. The largest absolute Gasteiger partial charge is 0.433 e. The Kier molecular flexibility index (Phi) is 4.31. The predicted octanol–water partition coefficient (Wildman–Crippen LogP) is 2.06. The molecule has 0 saturated heterocycles. The summed E-state index contributed by atoms with van der Waals surface area (Å²) >= 11 is 0. The van der Waals surface area contributed by atoms with E-state index in [0.717, 1.165) is 6.42 Å². The van der Waals surface area contributed by atoms with E-state index in [1.165, 1.54) is 19.4 Å². The van der Waals surface area contributed by atoms with Crippen LogP contribution in [0.5, 0.6) is 0 Å². The molecule has 0 aliphatic heterocycles. The van der Waals surface area contributed by atoms with Crippen molar-refractivity contribution in [2.75, 3.05) is 5.32 Å². The van der Waals surface area contributed by atoms with Crippen LogP contribution in [0.1, 0.15) is 26.3 Å². The Morgan fingerprint density at radius 2 is 1.83 bits per heavy atom. The molecule has 0 atom stereocenters. The minimum Gasteiger partial charge on any atom is -0.433 e. The Morgan fingerprint density at radius 3 is 2.28 bits per heavy atom. The van der Waals surface area contributed by atoms with E-state index >= 15 is 0 Å². The second-order valence-electron chi connectivity index (χ2n) is 4.44. The molecule has 0 saturated carbocycles. The maximum absolute atomic E-state index is 11.5. The molecule has 5 nitrogen and oxygen atoms in total. The van der Waals surface area contributed by atoms with E-state index in [4.69, 9.17) is 10.5 Å². The van der Waals surface area contributed by atoms with Crippen molar-refractivity contribution in [3.8, 4) is 0 Å². The van der Waals surface area contributed by atoms with Gasteiger partial charge in [-0.1, -0.05) is 19.1 Å². The van der Waals surface area contributed by atoms with Gasteiger partial charge in [0.05, 0.1) is 0 Å². The molecule has 5 heteroatoms. The molecule has 0 spiro atoms. The van der Waals surface area contributed by atoms with Crippen LogP contribution in [0.25, 0.3) is 0 Å². The summed E-state index contributed by atoms with van der Waals surface area (Å²) in [5, 5.41) is 2.54. The summed E-state index contributed by atoms with van der Waals surface area (Å²) in [6, 6.07) is 7.37. The van der Waals surface area contributed by atoms with Gasteiger partial charge in [0.2, 0.25) is 0 Å². The lowest BCUT2D eigenvalue weighted by Gasteiger charge is -2.21. The zero-order chi connectivity index (χ0) is 13.8. The van der Waals surface area contributed by atoms with Crippen molar-refractivity contribution in [3.63, 3.8) is 0 Å². The molecule has 0 aromatic heterocycles. The molecule has 0 aliphatic carbocycles. The van der Waals surface area contributed by atoms with Gasteiger partial charge in [-0.25, -0.2) is 4.79 Å². The smallest absolute Gasteiger partial charge is 0.412 e. The molecule has 98 valence electrons. The average Bonchev–Trinajstić information content (AvgIpc) is 2.29. The van der Waals surface area contributed by atoms with E-state index in [1.54, 1.807) is 12.1 Å². The fourth-order valence-electron chi connectivity index (χ4n) is 1.25. The number of anilines is 1. The van der Waals surface area contributed by atoms with Crippen molar-refractivity contribution in [3.05, 3.63) is 29.8 Å². The first kappa shape index (κ1) is 14.0. The van der Waals surface area contributed by atoms with Crippen molar-refractivity contribution < 1.29 is 14.3 Å². The molecule has 1 aromatic rings. The zero-order valence-electron chi connectivity index (χ0n) is 10.8. The number of aryl methyl sites for hydroxylation is 1. The van der Waals surface area contributed by atoms with Gasteiger partial charge in [0.1, 0.15) is 0 Å². The van der Waals surface area contributed by atoms with Crippen LogP contribution < -0.4 is 11.1 Å². The summed E-state index contributed by atoms with van der Waals surface area (Å²) < 4.78 is 4.94. The Labute approximate surface area is 106 Å². The highest BCUT2D eigenvalue weighted by atomic mass is 16.6. The third-order valence-electron chi connectivity index (χ3n) is 2.55. The van der Waals surface area contributed by atoms with Gasteiger partial charge in [-0.3, -0.25) is 10.1 Å². The van der Waals surface area contributed by atoms with Crippen LogP contribution in [0.3, 0.4) is 0 Å². The lowest BCUT2D eigenvalue weighted by molar-refractivity contribution is -0.132. The molecule has 0 heterocycles. The summed E-state index contributed by atoms with van der Waals surface area (Å²) in [4.78, 5) is 22.6. The van der Waals surface area contributed by atoms with Crippen molar-refractivity contribution >= 4 is 17.7 Å². The first-order valence-corrected chi connectivity index (χ1v) is 5.74. The third kappa shape index (κ3) is 3.76. The Balaban J connectivity index is 2.62. The molecule has 0 unspecified atom stereocenters. The zero-order valence-corrected chi connectivity index (χ0v) is 10.8. The number of rotatable bonds is 4. The normalized spacial score (nSPS) is 10.8. The van der Waals surface area contributed by atoms with Gasteiger partial charge >= 0.3 is 6.09 Å². The first-order chi connectivity index (χ1) is 8.35. The number of amides is 2. The van der Waals surface area contributed by atoms with Crippen molar-refractivity contribution in [1.82, 2.24) is 0 Å². The van der Waals surface area contributed by atoms with Crippen molar-refractivity contribution in [2.24, 2.45) is 5.73 Å². The lowest BCUT2D eigenvalue weighted by Crippen LogP contribution is -2.43. The van der Waals surface area contributed by atoms with Gasteiger partial charge in [0.15, 0.2) is 5.60 Å². The van der Waals surface area contributed by atoms with Gasteiger partial charge in [-0.2, -0.15) is 0 Å². The molecule has 18 heavy (non-hydrogen) atoms. The third-order valence-corrected chi connectivity index (χ3v) is 2.55. The monoisotopic (exact) mass is 250 g/mol. The summed E-state index contributed by atoms with van der Waals surface area (Å²) in [5.74, 6) is -0.695. The highest BCUT2D eigenvalue weighted by Gasteiger charge is 2.29. The van der Waals surface area contributed by atoms with Gasteiger partial charge in [0, 0.05) is 5.69 Å². The van der Waals surface area contributed by atoms with E-state index in [0.29, 0.717) is 5.69 Å². The maximum atomic E-state index is 11.5. The Morgan fingerprint density at radius 1 is 1.28 bits per heavy atom. The minimum atomic E-state index is -1.33. The molecule has 1 rings (SSSR count). The molecule has 2 amide bonds. The number of carbonyl (C=O) groups excluding carboxylic acids is 2. The van der Waals surface area contributed by atoms with Gasteiger partial charge in [0.25, 0.3) is 5.91 Å². The van der Waals surface area contributed by atoms with E-state index in [2.05, 4.69) is 5.32 Å². The van der Waals surface area contributed by atoms with Crippen LogP contribution >= 0.6 is 0 Å². The minimum absolute atomic E-state index is 0.609. The molecular formula is C13H18N2O3. The van der Waals surface area contributed by atoms with Gasteiger partial charge in [-0.15, -0.1) is 0 Å². The van der Waals surface area contributed by atoms with E-state index < -0.39 is 17.6 Å². The van der Waals surface area contributed by atoms with Gasteiger partial charge in [-0.05, 0) is 38.0 Å². The molecule has 0 aliphatic rings. The molecule has 0 fully saturated rings. The van der Waals surface area contributed by atoms with Crippen LogP contribution in [0, 0.1) is 0 Å². The maximum Gasteiger partial charge on any atom is 0.412 e. The Bertz CT molecular complexity index is 438. The van der Waals surface area contributed by atoms with Gasteiger partial charge < -0.3 is 10.5 Å². The Hall–Kier alpha value is -2.04. The fourth-order valence-corrected chi connectivity index (χ4v) is 1.25. The topological polar surface area (TPSA) is 81.4 Å². The number of nitrogens with one attached hydrogen (secondary N) is 1. The summed E-state index contributed by atoms with van der Waals surface area (Å²) in [6.07, 6.45) is 0.224. The summed E-state index contributed by atoms with van der Waals surface area (Å²) in [5.41, 5.74) is 5.56. The molecule has 0 radical (unpaired) electrons. The number of hydrogen-bond acceptors (Lipinski definition) is 3. The van der Waals surface area contributed by atoms with Crippen LogP contribution in [-0.4, -0.2) is 17.6 Å². The molecule has 0 bridgehead atoms. The highest BCUT2D eigenvalue weighted by molar-refractivity contribution is 5.89. The lowest BCUT2D eigenvalue weighted by atomic mass is 10.1. The number of nitrogens with two attached hydrogens (primary N) is 1. The standard InChI is InChI=1S/C13H18N2O3/c1-4-9-5-7-10(8-6-9)15-12(17)18-13(2,3)11(14)16/h5-8H,4H2,1-3H3,(H2,14,16)(H,15,17). The number of hydrogen-bond donors (Lipinski definition) is 2. The summed E-state index contributed by atoms with van der Waals surface area (Å²) in [6.45, 7) is 4.93. The van der Waals surface area contributed by atoms with Crippen molar-refractivity contribution in [1.29, 1.82) is 0 Å². The number of primary amides is 1. The van der Waals surface area contributed by atoms with E-state index in [1.807, 2.05) is 19.1 Å². The SMILES string of the molecule is CCc1ccc(NC(=O)OC(C)(C)C(N)=O)cc1. The quantitative estimate of drug-likeness (QED) is 0.858. The highest BCUT2D eigenvalue weighted by Crippen LogP contribution is 2.13. The molecule has 3 N–H and O–H groups in total. The van der Waals surface area contributed by atoms with E-state index in [9.17, 15) is 9.59 Å². The molecule has 1 aromatic carbocycles. The number of ether oxygens (including phenoxy) is 1. The van der Waals surface area contributed by atoms with Crippen LogP contribution in [0.15, 0.2) is 24.3 Å². The predicted molar refractivity (Wildman–Crippen MR) is 69.2 cm³/mol. The molecular weight excluding hydrogens is 232 g/mol. The number of benzene rings is 1. The van der Waals surface area contributed by atoms with E-state index in [-0.39, 0.29) is 0 Å². The average molecular weight is 250 g/mol. The van der Waals surface area contributed by atoms with Crippen LogP contribution in [-0.2, 0) is 16.0 Å². The number of carbonyl (C=O) groups is 2. The summed E-state index contributed by atoms with van der Waals surface area (Å²) in [7, 11) is 0. The van der Waals surface area contributed by atoms with Crippen LogP contribution in [0.4, 0.5) is 10.5 Å². The first-order valence-electron chi connectivity index (χ1n) is 5.74. The van der Waals surface area contributed by atoms with Crippen LogP contribution in [0.2, 0.25) is 0 Å².